The molecule has 0 bridgehead atoms. The lowest BCUT2D eigenvalue weighted by atomic mass is 10.1. The van der Waals surface area contributed by atoms with Crippen LogP contribution in [0.3, 0.4) is 0 Å². The highest BCUT2D eigenvalue weighted by Gasteiger charge is 2.08. The number of ether oxygens (including phenoxy) is 1. The number of carbonyl (C=O) groups is 1. The van der Waals surface area contributed by atoms with Gasteiger partial charge in [0.25, 0.3) is 0 Å². The zero-order valence-corrected chi connectivity index (χ0v) is 12.6. The van der Waals surface area contributed by atoms with Crippen LogP contribution in [0.25, 0.3) is 0 Å². The summed E-state index contributed by atoms with van der Waals surface area (Å²) in [5, 5.41) is 0. The number of aldehydes is 1. The first-order valence-electron chi connectivity index (χ1n) is 7.07. The third-order valence-corrected chi connectivity index (χ3v) is 3.51. The van der Waals surface area contributed by atoms with E-state index in [4.69, 9.17) is 4.74 Å². The molecule has 0 saturated carbocycles. The second-order valence-electron chi connectivity index (χ2n) is 5.16. The Bertz CT molecular complexity index is 581. The maximum atomic E-state index is 10.9. The van der Waals surface area contributed by atoms with E-state index in [0.29, 0.717) is 5.56 Å². The molecule has 0 aliphatic rings. The third-order valence-electron chi connectivity index (χ3n) is 3.51. The number of rotatable bonds is 7. The Morgan fingerprint density at radius 3 is 2.57 bits per heavy atom. The van der Waals surface area contributed by atoms with E-state index in [1.54, 1.807) is 13.2 Å². The fraction of sp³-hybridized carbons (Fsp3) is 0.278. The molecular weight excluding hydrogens is 262 g/mol. The van der Waals surface area contributed by atoms with Crippen molar-refractivity contribution in [3.8, 4) is 5.75 Å². The van der Waals surface area contributed by atoms with Crippen molar-refractivity contribution in [1.82, 2.24) is 4.90 Å². The zero-order chi connectivity index (χ0) is 15.1. The Morgan fingerprint density at radius 1 is 1.14 bits per heavy atom. The molecule has 0 radical (unpaired) electrons. The van der Waals surface area contributed by atoms with E-state index in [-0.39, 0.29) is 0 Å². The molecule has 0 fully saturated rings. The predicted molar refractivity (Wildman–Crippen MR) is 84.9 cm³/mol. The molecule has 2 rings (SSSR count). The molecule has 21 heavy (non-hydrogen) atoms. The smallest absolute Gasteiger partial charge is 0.150 e. The van der Waals surface area contributed by atoms with E-state index < -0.39 is 0 Å². The monoisotopic (exact) mass is 283 g/mol. The van der Waals surface area contributed by atoms with Crippen molar-refractivity contribution in [3.63, 3.8) is 0 Å². The summed E-state index contributed by atoms with van der Waals surface area (Å²) in [5.41, 5.74) is 3.05. The lowest BCUT2D eigenvalue weighted by Crippen LogP contribution is -2.21. The van der Waals surface area contributed by atoms with Gasteiger partial charge in [-0.05, 0) is 37.2 Å². The molecule has 0 spiro atoms. The van der Waals surface area contributed by atoms with Crippen molar-refractivity contribution < 1.29 is 9.53 Å². The van der Waals surface area contributed by atoms with E-state index in [2.05, 4.69) is 36.2 Å². The normalized spacial score (nSPS) is 10.6. The van der Waals surface area contributed by atoms with Gasteiger partial charge in [0.05, 0.1) is 7.11 Å². The highest BCUT2D eigenvalue weighted by atomic mass is 16.5. The quantitative estimate of drug-likeness (QED) is 0.731. The number of benzene rings is 2. The predicted octanol–water partition coefficient (Wildman–Crippen LogP) is 3.18. The molecular formula is C18H21NO2. The summed E-state index contributed by atoms with van der Waals surface area (Å²) < 4.78 is 5.37. The van der Waals surface area contributed by atoms with Gasteiger partial charge < -0.3 is 9.64 Å². The average Bonchev–Trinajstić information content (AvgIpc) is 2.54. The van der Waals surface area contributed by atoms with Crippen molar-refractivity contribution in [2.45, 2.75) is 13.0 Å². The summed E-state index contributed by atoms with van der Waals surface area (Å²) in [6.07, 6.45) is 1.87. The van der Waals surface area contributed by atoms with Crippen LogP contribution in [-0.2, 0) is 13.0 Å². The zero-order valence-electron chi connectivity index (χ0n) is 12.6. The van der Waals surface area contributed by atoms with E-state index in [0.717, 1.165) is 37.1 Å². The maximum absolute atomic E-state index is 10.9. The van der Waals surface area contributed by atoms with E-state index in [1.807, 2.05) is 18.2 Å². The van der Waals surface area contributed by atoms with E-state index >= 15 is 0 Å². The summed E-state index contributed by atoms with van der Waals surface area (Å²) in [7, 11) is 3.74. The first-order valence-corrected chi connectivity index (χ1v) is 7.07. The number of methoxy groups -OCH3 is 1. The van der Waals surface area contributed by atoms with Crippen molar-refractivity contribution in [2.24, 2.45) is 0 Å². The maximum Gasteiger partial charge on any atom is 0.150 e. The van der Waals surface area contributed by atoms with Crippen LogP contribution < -0.4 is 4.74 Å². The van der Waals surface area contributed by atoms with Crippen LogP contribution in [0.15, 0.2) is 48.5 Å². The molecule has 110 valence electrons. The largest absolute Gasteiger partial charge is 0.496 e. The number of carbonyl (C=O) groups excluding carboxylic acids is 1. The minimum Gasteiger partial charge on any atom is -0.496 e. The van der Waals surface area contributed by atoms with Gasteiger partial charge in [-0.2, -0.15) is 0 Å². The van der Waals surface area contributed by atoms with Crippen LogP contribution in [-0.4, -0.2) is 31.9 Å². The Balaban J connectivity index is 1.98. The van der Waals surface area contributed by atoms with Gasteiger partial charge in [-0.25, -0.2) is 0 Å². The summed E-state index contributed by atoms with van der Waals surface area (Å²) in [6.45, 7) is 1.72. The van der Waals surface area contributed by atoms with Crippen molar-refractivity contribution in [2.75, 3.05) is 20.7 Å². The molecule has 0 heterocycles. The minimum atomic E-state index is 0.683. The Kier molecular flexibility index (Phi) is 5.52. The lowest BCUT2D eigenvalue weighted by Gasteiger charge is -2.18. The van der Waals surface area contributed by atoms with Gasteiger partial charge in [-0.15, -0.1) is 0 Å². The van der Waals surface area contributed by atoms with Crippen LogP contribution in [0, 0.1) is 0 Å². The van der Waals surface area contributed by atoms with Gasteiger partial charge in [0, 0.05) is 24.2 Å². The molecule has 0 aliphatic carbocycles. The molecule has 0 unspecified atom stereocenters. The van der Waals surface area contributed by atoms with Crippen molar-refractivity contribution >= 4 is 6.29 Å². The van der Waals surface area contributed by atoms with Crippen LogP contribution in [0.2, 0.25) is 0 Å². The third kappa shape index (κ3) is 4.43. The molecule has 3 nitrogen and oxygen atoms in total. The van der Waals surface area contributed by atoms with E-state index in [1.165, 1.54) is 5.56 Å². The van der Waals surface area contributed by atoms with Crippen LogP contribution in [0.1, 0.15) is 21.5 Å². The fourth-order valence-electron chi connectivity index (χ4n) is 2.33. The standard InChI is InChI=1S/C18H21NO2/c1-19(11-10-15-6-4-3-5-7-15)13-17-12-16(14-20)8-9-18(17)21-2/h3-9,12,14H,10-11,13H2,1-2H3. The highest BCUT2D eigenvalue weighted by Crippen LogP contribution is 2.20. The van der Waals surface area contributed by atoms with Gasteiger partial charge in [0.1, 0.15) is 12.0 Å². The van der Waals surface area contributed by atoms with E-state index in [9.17, 15) is 4.79 Å². The SMILES string of the molecule is COc1ccc(C=O)cc1CN(C)CCc1ccccc1. The van der Waals surface area contributed by atoms with Crippen LogP contribution in [0.4, 0.5) is 0 Å². The van der Waals surface area contributed by atoms with Gasteiger partial charge in [0.15, 0.2) is 0 Å². The number of nitrogens with zero attached hydrogens (tertiary/aromatic N) is 1. The second kappa shape index (κ2) is 7.60. The first kappa shape index (κ1) is 15.3. The highest BCUT2D eigenvalue weighted by molar-refractivity contribution is 5.75. The van der Waals surface area contributed by atoms with Crippen molar-refractivity contribution in [3.05, 3.63) is 65.2 Å². The Labute approximate surface area is 126 Å². The summed E-state index contributed by atoms with van der Waals surface area (Å²) in [4.78, 5) is 13.1. The molecule has 0 aromatic heterocycles. The Morgan fingerprint density at radius 2 is 1.90 bits per heavy atom. The molecule has 0 N–H and O–H groups in total. The van der Waals surface area contributed by atoms with Gasteiger partial charge in [0.2, 0.25) is 0 Å². The van der Waals surface area contributed by atoms with Gasteiger partial charge >= 0.3 is 0 Å². The Hall–Kier alpha value is -2.13. The first-order chi connectivity index (χ1) is 10.2. The van der Waals surface area contributed by atoms with Gasteiger partial charge in [-0.3, -0.25) is 4.79 Å². The molecule has 0 amide bonds. The summed E-state index contributed by atoms with van der Waals surface area (Å²) in [5.74, 6) is 0.826. The molecule has 0 saturated heterocycles. The molecule has 2 aromatic carbocycles. The minimum absolute atomic E-state index is 0.683. The molecule has 2 aromatic rings. The summed E-state index contributed by atoms with van der Waals surface area (Å²) in [6, 6.07) is 16.0. The fourth-order valence-corrected chi connectivity index (χ4v) is 2.33. The summed E-state index contributed by atoms with van der Waals surface area (Å²) >= 11 is 0. The molecule has 0 atom stereocenters. The second-order valence-corrected chi connectivity index (χ2v) is 5.16. The topological polar surface area (TPSA) is 29.5 Å². The average molecular weight is 283 g/mol. The van der Waals surface area contributed by atoms with Crippen LogP contribution >= 0.6 is 0 Å². The van der Waals surface area contributed by atoms with Gasteiger partial charge in [-0.1, -0.05) is 30.3 Å². The number of likely N-dealkylation sites (N-methyl/N-ethyl adjacent to an activating group) is 1. The number of hydrogen-bond donors (Lipinski definition) is 0. The van der Waals surface area contributed by atoms with Crippen LogP contribution in [0.5, 0.6) is 5.75 Å². The molecule has 0 aliphatic heterocycles. The lowest BCUT2D eigenvalue weighted by molar-refractivity contribution is 0.112. The molecule has 3 heteroatoms. The number of hydrogen-bond acceptors (Lipinski definition) is 3. The van der Waals surface area contributed by atoms with Crippen molar-refractivity contribution in [1.29, 1.82) is 0 Å².